The average Bonchev–Trinajstić information content (AvgIpc) is 3.24. The molecular formula is C17H26N2O3S. The number of carbonyl (C=O) groups is 1. The summed E-state index contributed by atoms with van der Waals surface area (Å²) in [6.45, 7) is 6.88. The maximum Gasteiger partial charge on any atom is 0.322 e. The second-order valence-electron chi connectivity index (χ2n) is 6.79. The molecule has 1 fully saturated rings. The minimum absolute atomic E-state index is 0.137. The standard InChI is InChI=1S/C17H26N2O3S/c1-12(2)9-10-19(14-6-7-14)17(20)18-16-11-15(23(4,21)22)8-5-13(16)3/h5,8,11-12,14H,6-7,9-10H2,1-4H3,(H,18,20). The largest absolute Gasteiger partial charge is 0.322 e. The molecule has 1 aliphatic rings. The van der Waals surface area contributed by atoms with Crippen LogP contribution in [0, 0.1) is 12.8 Å². The van der Waals surface area contributed by atoms with Gasteiger partial charge in [-0.2, -0.15) is 0 Å². The van der Waals surface area contributed by atoms with Crippen molar-refractivity contribution in [3.05, 3.63) is 23.8 Å². The molecule has 1 aliphatic carbocycles. The Morgan fingerprint density at radius 1 is 1.35 bits per heavy atom. The summed E-state index contributed by atoms with van der Waals surface area (Å²) in [5.41, 5.74) is 1.42. The predicted octanol–water partition coefficient (Wildman–Crippen LogP) is 3.44. The van der Waals surface area contributed by atoms with E-state index in [4.69, 9.17) is 0 Å². The summed E-state index contributed by atoms with van der Waals surface area (Å²) in [5, 5.41) is 2.89. The highest BCUT2D eigenvalue weighted by atomic mass is 32.2. The molecule has 1 aromatic rings. The number of nitrogens with one attached hydrogen (secondary N) is 1. The third-order valence-electron chi connectivity index (χ3n) is 4.07. The molecule has 0 saturated heterocycles. The van der Waals surface area contributed by atoms with Crippen LogP contribution in [0.25, 0.3) is 0 Å². The first-order valence-corrected chi connectivity index (χ1v) is 9.96. The average molecular weight is 338 g/mol. The fourth-order valence-electron chi connectivity index (χ4n) is 2.39. The number of urea groups is 1. The molecule has 128 valence electrons. The summed E-state index contributed by atoms with van der Waals surface area (Å²) in [5.74, 6) is 0.541. The van der Waals surface area contributed by atoms with Crippen molar-refractivity contribution in [2.75, 3.05) is 18.1 Å². The van der Waals surface area contributed by atoms with Crippen LogP contribution in [0.3, 0.4) is 0 Å². The minimum atomic E-state index is -3.29. The van der Waals surface area contributed by atoms with Gasteiger partial charge < -0.3 is 10.2 Å². The maximum absolute atomic E-state index is 12.6. The van der Waals surface area contributed by atoms with E-state index in [1.165, 1.54) is 12.3 Å². The normalized spacial score (nSPS) is 14.8. The zero-order valence-electron chi connectivity index (χ0n) is 14.3. The van der Waals surface area contributed by atoms with Gasteiger partial charge in [-0.05, 0) is 49.8 Å². The number of hydrogen-bond donors (Lipinski definition) is 1. The fourth-order valence-corrected chi connectivity index (χ4v) is 3.03. The fraction of sp³-hybridized carbons (Fsp3) is 0.588. The molecule has 5 nitrogen and oxygen atoms in total. The minimum Gasteiger partial charge on any atom is -0.322 e. The van der Waals surface area contributed by atoms with Crippen LogP contribution in [0.1, 0.15) is 38.7 Å². The molecule has 0 bridgehead atoms. The maximum atomic E-state index is 12.6. The van der Waals surface area contributed by atoms with Gasteiger partial charge in [0.15, 0.2) is 9.84 Å². The second-order valence-corrected chi connectivity index (χ2v) is 8.80. The molecule has 0 radical (unpaired) electrons. The number of nitrogens with zero attached hydrogens (tertiary/aromatic N) is 1. The molecule has 23 heavy (non-hydrogen) atoms. The zero-order chi connectivity index (χ0) is 17.2. The van der Waals surface area contributed by atoms with Crippen molar-refractivity contribution in [2.45, 2.75) is 51.0 Å². The molecule has 0 atom stereocenters. The van der Waals surface area contributed by atoms with Crippen molar-refractivity contribution in [3.8, 4) is 0 Å². The van der Waals surface area contributed by atoms with Gasteiger partial charge in [-0.15, -0.1) is 0 Å². The summed E-state index contributed by atoms with van der Waals surface area (Å²) in [7, 11) is -3.29. The number of benzene rings is 1. The van der Waals surface area contributed by atoms with Gasteiger partial charge in [-0.25, -0.2) is 13.2 Å². The van der Waals surface area contributed by atoms with Gasteiger partial charge in [0.25, 0.3) is 0 Å². The monoisotopic (exact) mass is 338 g/mol. The first-order chi connectivity index (χ1) is 10.7. The molecule has 0 heterocycles. The molecular weight excluding hydrogens is 312 g/mol. The summed E-state index contributed by atoms with van der Waals surface area (Å²) in [6.07, 6.45) is 4.23. The van der Waals surface area contributed by atoms with Gasteiger partial charge in [0.1, 0.15) is 0 Å². The van der Waals surface area contributed by atoms with E-state index in [-0.39, 0.29) is 10.9 Å². The summed E-state index contributed by atoms with van der Waals surface area (Å²) < 4.78 is 23.4. The van der Waals surface area contributed by atoms with E-state index in [1.807, 2.05) is 11.8 Å². The SMILES string of the molecule is Cc1ccc(S(C)(=O)=O)cc1NC(=O)N(CCC(C)C)C1CC1. The van der Waals surface area contributed by atoms with E-state index >= 15 is 0 Å². The lowest BCUT2D eigenvalue weighted by Gasteiger charge is -2.24. The highest BCUT2D eigenvalue weighted by molar-refractivity contribution is 7.90. The van der Waals surface area contributed by atoms with Crippen molar-refractivity contribution >= 4 is 21.6 Å². The molecule has 1 saturated carbocycles. The highest BCUT2D eigenvalue weighted by Crippen LogP contribution is 2.29. The van der Waals surface area contributed by atoms with Crippen molar-refractivity contribution in [2.24, 2.45) is 5.92 Å². The number of sulfone groups is 1. The Bertz CT molecular complexity index is 679. The van der Waals surface area contributed by atoms with Gasteiger partial charge in [0.05, 0.1) is 4.90 Å². The number of aryl methyl sites for hydroxylation is 1. The molecule has 2 rings (SSSR count). The third-order valence-corrected chi connectivity index (χ3v) is 5.18. The molecule has 6 heteroatoms. The van der Waals surface area contributed by atoms with E-state index in [0.29, 0.717) is 17.6 Å². The van der Waals surface area contributed by atoms with Crippen LogP contribution in [-0.4, -0.2) is 38.2 Å². The van der Waals surface area contributed by atoms with Crippen LogP contribution in [0.5, 0.6) is 0 Å². The number of hydrogen-bond acceptors (Lipinski definition) is 3. The third kappa shape index (κ3) is 4.96. The number of rotatable bonds is 6. The molecule has 1 N–H and O–H groups in total. The molecule has 0 unspecified atom stereocenters. The number of anilines is 1. The topological polar surface area (TPSA) is 66.5 Å². The lowest BCUT2D eigenvalue weighted by Crippen LogP contribution is -2.38. The van der Waals surface area contributed by atoms with Crippen molar-refractivity contribution < 1.29 is 13.2 Å². The Hall–Kier alpha value is -1.56. The van der Waals surface area contributed by atoms with Crippen molar-refractivity contribution in [3.63, 3.8) is 0 Å². The lowest BCUT2D eigenvalue weighted by atomic mass is 10.1. The Balaban J connectivity index is 2.14. The lowest BCUT2D eigenvalue weighted by molar-refractivity contribution is 0.205. The summed E-state index contributed by atoms with van der Waals surface area (Å²) >= 11 is 0. The van der Waals surface area contributed by atoms with E-state index in [2.05, 4.69) is 19.2 Å². The molecule has 0 spiro atoms. The van der Waals surface area contributed by atoms with Gasteiger partial charge in [-0.1, -0.05) is 19.9 Å². The Labute approximate surface area is 139 Å². The van der Waals surface area contributed by atoms with Gasteiger partial charge in [0.2, 0.25) is 0 Å². The van der Waals surface area contributed by atoms with Crippen LogP contribution in [0.4, 0.5) is 10.5 Å². The Morgan fingerprint density at radius 3 is 2.52 bits per heavy atom. The van der Waals surface area contributed by atoms with Crippen LogP contribution in [0.15, 0.2) is 23.1 Å². The van der Waals surface area contributed by atoms with Crippen LogP contribution in [0.2, 0.25) is 0 Å². The first kappa shape index (κ1) is 17.8. The molecule has 2 amide bonds. The summed E-state index contributed by atoms with van der Waals surface area (Å²) in [6, 6.07) is 5.02. The van der Waals surface area contributed by atoms with E-state index < -0.39 is 9.84 Å². The first-order valence-electron chi connectivity index (χ1n) is 8.07. The molecule has 0 aromatic heterocycles. The van der Waals surface area contributed by atoms with Crippen LogP contribution in [-0.2, 0) is 9.84 Å². The van der Waals surface area contributed by atoms with Crippen LogP contribution >= 0.6 is 0 Å². The molecule has 1 aromatic carbocycles. The van der Waals surface area contributed by atoms with Crippen molar-refractivity contribution in [1.82, 2.24) is 4.90 Å². The van der Waals surface area contributed by atoms with Gasteiger partial charge in [-0.3, -0.25) is 0 Å². The predicted molar refractivity (Wildman–Crippen MR) is 92.5 cm³/mol. The van der Waals surface area contributed by atoms with E-state index in [1.54, 1.807) is 12.1 Å². The molecule has 0 aliphatic heterocycles. The zero-order valence-corrected chi connectivity index (χ0v) is 15.1. The number of carbonyl (C=O) groups excluding carboxylic acids is 1. The number of amides is 2. The summed E-state index contributed by atoms with van der Waals surface area (Å²) in [4.78, 5) is 14.7. The smallest absolute Gasteiger partial charge is 0.322 e. The second kappa shape index (κ2) is 6.91. The Kier molecular flexibility index (Phi) is 5.34. The van der Waals surface area contributed by atoms with Gasteiger partial charge >= 0.3 is 6.03 Å². The van der Waals surface area contributed by atoms with Crippen LogP contribution < -0.4 is 5.32 Å². The van der Waals surface area contributed by atoms with E-state index in [0.717, 1.165) is 31.4 Å². The van der Waals surface area contributed by atoms with E-state index in [9.17, 15) is 13.2 Å². The Morgan fingerprint density at radius 2 is 2.00 bits per heavy atom. The quantitative estimate of drug-likeness (QED) is 0.864. The van der Waals surface area contributed by atoms with Crippen molar-refractivity contribution in [1.29, 1.82) is 0 Å². The van der Waals surface area contributed by atoms with Gasteiger partial charge in [0, 0.05) is 24.5 Å². The highest BCUT2D eigenvalue weighted by Gasteiger charge is 2.32.